The number of anilines is 1. The second-order valence-corrected chi connectivity index (χ2v) is 4.78. The Hall–Kier alpha value is -2.37. The highest BCUT2D eigenvalue weighted by atomic mass is 16.5. The fourth-order valence-electron chi connectivity index (χ4n) is 2.52. The first-order valence-corrected chi connectivity index (χ1v) is 6.60. The Balaban J connectivity index is 2.39. The molecule has 0 fully saturated rings. The predicted molar refractivity (Wildman–Crippen MR) is 77.2 cm³/mol. The zero-order chi connectivity index (χ0) is 14.3. The third-order valence-electron chi connectivity index (χ3n) is 3.53. The van der Waals surface area contributed by atoms with Crippen LogP contribution in [0.2, 0.25) is 0 Å². The van der Waals surface area contributed by atoms with Crippen molar-refractivity contribution in [2.45, 2.75) is 26.8 Å². The lowest BCUT2D eigenvalue weighted by atomic mass is 10.0. The van der Waals surface area contributed by atoms with Gasteiger partial charge in [-0.25, -0.2) is 4.98 Å². The zero-order valence-electron chi connectivity index (χ0n) is 11.5. The van der Waals surface area contributed by atoms with Crippen LogP contribution < -0.4 is 11.3 Å². The highest BCUT2D eigenvalue weighted by Crippen LogP contribution is 2.24. The van der Waals surface area contributed by atoms with Crippen LogP contribution in [-0.4, -0.2) is 21.1 Å². The highest BCUT2D eigenvalue weighted by molar-refractivity contribution is 5.83. The number of nitrogen functional groups attached to an aromatic ring is 1. The maximum Gasteiger partial charge on any atom is 0.259 e. The van der Waals surface area contributed by atoms with Crippen LogP contribution in [0.4, 0.5) is 5.95 Å². The number of aromatic nitrogens is 3. The number of hydrogen-bond acceptors (Lipinski definition) is 5. The lowest BCUT2D eigenvalue weighted by Crippen LogP contribution is -2.24. The van der Waals surface area contributed by atoms with Gasteiger partial charge in [-0.3, -0.25) is 9.36 Å². The molecule has 2 aromatic heterocycles. The molecule has 3 heterocycles. The van der Waals surface area contributed by atoms with Gasteiger partial charge in [-0.1, -0.05) is 0 Å². The van der Waals surface area contributed by atoms with Crippen molar-refractivity contribution in [3.05, 3.63) is 33.9 Å². The summed E-state index contributed by atoms with van der Waals surface area (Å²) in [5, 5.41) is 0.850. The van der Waals surface area contributed by atoms with E-state index in [2.05, 4.69) is 9.97 Å². The third-order valence-corrected chi connectivity index (χ3v) is 3.53. The molecule has 0 bridgehead atoms. The minimum absolute atomic E-state index is 0.0609. The molecule has 2 aromatic rings. The molecule has 1 aliphatic heterocycles. The van der Waals surface area contributed by atoms with E-state index < -0.39 is 0 Å². The van der Waals surface area contributed by atoms with E-state index in [4.69, 9.17) is 10.5 Å². The maximum atomic E-state index is 12.6. The Morgan fingerprint density at radius 3 is 2.90 bits per heavy atom. The second-order valence-electron chi connectivity index (χ2n) is 4.78. The van der Waals surface area contributed by atoms with Gasteiger partial charge in [0.15, 0.2) is 0 Å². The van der Waals surface area contributed by atoms with E-state index in [-0.39, 0.29) is 11.5 Å². The number of nitrogens with zero attached hydrogens (tertiary/aromatic N) is 3. The fourth-order valence-corrected chi connectivity index (χ4v) is 2.52. The minimum Gasteiger partial charge on any atom is -0.501 e. The van der Waals surface area contributed by atoms with Crippen LogP contribution in [-0.2, 0) is 11.3 Å². The van der Waals surface area contributed by atoms with E-state index in [9.17, 15) is 4.79 Å². The van der Waals surface area contributed by atoms with E-state index in [1.165, 1.54) is 0 Å². The van der Waals surface area contributed by atoms with E-state index in [1.807, 2.05) is 19.9 Å². The molecule has 0 amide bonds. The Morgan fingerprint density at radius 1 is 1.45 bits per heavy atom. The molecule has 3 rings (SSSR count). The molecule has 6 nitrogen and oxygen atoms in total. The molecule has 0 saturated carbocycles. The maximum absolute atomic E-state index is 12.6. The molecule has 6 heteroatoms. The summed E-state index contributed by atoms with van der Waals surface area (Å²) in [6.07, 6.45) is 2.41. The number of ether oxygens (including phenoxy) is 1. The molecule has 1 aliphatic rings. The first-order valence-electron chi connectivity index (χ1n) is 6.60. The molecule has 20 heavy (non-hydrogen) atoms. The lowest BCUT2D eigenvalue weighted by Gasteiger charge is -2.12. The number of fused-ring (bicyclic) bond motifs is 1. The molecule has 0 unspecified atom stereocenters. The first-order chi connectivity index (χ1) is 9.61. The van der Waals surface area contributed by atoms with Gasteiger partial charge >= 0.3 is 0 Å². The summed E-state index contributed by atoms with van der Waals surface area (Å²) in [4.78, 5) is 21.0. The predicted octanol–water partition coefficient (Wildman–Crippen LogP) is 1.46. The third kappa shape index (κ3) is 1.84. The van der Waals surface area contributed by atoms with Crippen LogP contribution in [0.1, 0.15) is 24.6 Å². The van der Waals surface area contributed by atoms with Crippen LogP contribution in [0.25, 0.3) is 16.6 Å². The summed E-state index contributed by atoms with van der Waals surface area (Å²) in [6.45, 7) is 4.94. The minimum atomic E-state index is -0.0609. The van der Waals surface area contributed by atoms with Crippen LogP contribution in [0, 0.1) is 6.92 Å². The van der Waals surface area contributed by atoms with Gasteiger partial charge < -0.3 is 10.5 Å². The molecule has 0 atom stereocenters. The van der Waals surface area contributed by atoms with E-state index >= 15 is 0 Å². The van der Waals surface area contributed by atoms with Gasteiger partial charge in [0.1, 0.15) is 5.65 Å². The van der Waals surface area contributed by atoms with Crippen LogP contribution in [0.15, 0.2) is 17.1 Å². The molecular formula is C14H16N4O2. The summed E-state index contributed by atoms with van der Waals surface area (Å²) in [5.74, 6) is 0.188. The van der Waals surface area contributed by atoms with Crippen molar-refractivity contribution in [2.75, 3.05) is 12.3 Å². The van der Waals surface area contributed by atoms with Gasteiger partial charge in [0.25, 0.3) is 5.56 Å². The van der Waals surface area contributed by atoms with Gasteiger partial charge in [0.05, 0.1) is 18.6 Å². The largest absolute Gasteiger partial charge is 0.501 e. The van der Waals surface area contributed by atoms with Gasteiger partial charge in [0, 0.05) is 29.5 Å². The van der Waals surface area contributed by atoms with Crippen molar-refractivity contribution in [1.82, 2.24) is 14.5 Å². The fraction of sp³-hybridized carbons (Fsp3) is 0.357. The van der Waals surface area contributed by atoms with E-state index in [0.717, 1.165) is 23.1 Å². The van der Waals surface area contributed by atoms with Gasteiger partial charge in [-0.05, 0) is 19.9 Å². The smallest absolute Gasteiger partial charge is 0.259 e. The number of hydrogen-bond donors (Lipinski definition) is 1. The number of aryl methyl sites for hydroxylation is 2. The van der Waals surface area contributed by atoms with Gasteiger partial charge in [-0.2, -0.15) is 4.98 Å². The Morgan fingerprint density at radius 2 is 2.25 bits per heavy atom. The normalized spacial score (nSPS) is 14.4. The van der Waals surface area contributed by atoms with Crippen molar-refractivity contribution in [2.24, 2.45) is 0 Å². The average Bonchev–Trinajstić information content (AvgIpc) is 2.92. The Bertz CT molecular complexity index is 777. The highest BCUT2D eigenvalue weighted by Gasteiger charge is 2.17. The van der Waals surface area contributed by atoms with Crippen molar-refractivity contribution in [1.29, 1.82) is 0 Å². The molecular weight excluding hydrogens is 256 g/mol. The van der Waals surface area contributed by atoms with Crippen molar-refractivity contribution >= 4 is 22.6 Å². The molecule has 0 aromatic carbocycles. The van der Waals surface area contributed by atoms with Crippen molar-refractivity contribution < 1.29 is 4.74 Å². The van der Waals surface area contributed by atoms with E-state index in [0.29, 0.717) is 24.4 Å². The molecule has 2 N–H and O–H groups in total. The zero-order valence-corrected chi connectivity index (χ0v) is 11.5. The summed E-state index contributed by atoms with van der Waals surface area (Å²) in [5.41, 5.74) is 8.58. The quantitative estimate of drug-likeness (QED) is 0.895. The SMILES string of the molecule is CCn1c(=O)c(C2=COCC2)cc2c(C)nc(N)nc21. The molecule has 0 radical (unpaired) electrons. The van der Waals surface area contributed by atoms with Crippen molar-refractivity contribution in [3.63, 3.8) is 0 Å². The molecule has 0 spiro atoms. The van der Waals surface area contributed by atoms with Gasteiger partial charge in [0.2, 0.25) is 5.95 Å². The van der Waals surface area contributed by atoms with Gasteiger partial charge in [-0.15, -0.1) is 0 Å². The van der Waals surface area contributed by atoms with Crippen molar-refractivity contribution in [3.8, 4) is 0 Å². The number of nitrogens with two attached hydrogens (primary N) is 1. The average molecular weight is 272 g/mol. The van der Waals surface area contributed by atoms with Crippen LogP contribution in [0.5, 0.6) is 0 Å². The summed E-state index contributed by atoms with van der Waals surface area (Å²) < 4.78 is 6.87. The lowest BCUT2D eigenvalue weighted by molar-refractivity contribution is 0.281. The first kappa shape index (κ1) is 12.7. The molecule has 104 valence electrons. The second kappa shape index (κ2) is 4.63. The molecule has 0 aliphatic carbocycles. The summed E-state index contributed by atoms with van der Waals surface area (Å²) in [7, 11) is 0. The summed E-state index contributed by atoms with van der Waals surface area (Å²) in [6, 6.07) is 1.85. The van der Waals surface area contributed by atoms with Crippen LogP contribution >= 0.6 is 0 Å². The standard InChI is InChI=1S/C14H16N4O2/c1-3-18-12-10(8(2)16-14(15)17-12)6-11(13(18)19)9-4-5-20-7-9/h6-7H,3-5H2,1-2H3,(H2,15,16,17). The Labute approximate surface area is 115 Å². The van der Waals surface area contributed by atoms with E-state index in [1.54, 1.807) is 10.8 Å². The topological polar surface area (TPSA) is 83.0 Å². The summed E-state index contributed by atoms with van der Waals surface area (Å²) >= 11 is 0. The number of pyridine rings is 1. The van der Waals surface area contributed by atoms with Crippen LogP contribution in [0.3, 0.4) is 0 Å². The Kier molecular flexibility index (Phi) is 2.93. The molecule has 0 saturated heterocycles. The monoisotopic (exact) mass is 272 g/mol. The number of rotatable bonds is 2.